The van der Waals surface area contributed by atoms with Crippen molar-refractivity contribution >= 4 is 28.9 Å². The monoisotopic (exact) mass is 622 g/mol. The standard InChI is InChI=1S/C32H35FN4O6S/c1-30-12-17-14-35-37(19-4-6-25(33)34-15-19)23(17)11-18(30)3-5-20-21-7-8-32(29(42)44-10-9-38,28-36-22(16-43-28)27(40)41)31(21,2)13-24(39)26(20)30/h4,6,11,14-16,20-21,24,26,38-39H,3,5,7-10,12-13H2,1-2H3,(H,40,41)/t20-,21-,24-,26+,30-,31-,32+/m0/s1. The largest absolute Gasteiger partial charge is 0.476 e. The van der Waals surface area contributed by atoms with E-state index in [2.05, 4.69) is 28.1 Å². The summed E-state index contributed by atoms with van der Waals surface area (Å²) in [4.78, 5) is 33.9. The molecule has 0 spiro atoms. The lowest BCUT2D eigenvalue weighted by molar-refractivity contribution is -0.143. The van der Waals surface area contributed by atoms with Crippen LogP contribution in [0.4, 0.5) is 4.39 Å². The first kappa shape index (κ1) is 29.4. The van der Waals surface area contributed by atoms with Crippen LogP contribution in [0.25, 0.3) is 11.8 Å². The number of carboxylic acids is 1. The lowest BCUT2D eigenvalue weighted by Gasteiger charge is -2.60. The van der Waals surface area contributed by atoms with E-state index < -0.39 is 28.9 Å². The van der Waals surface area contributed by atoms with Crippen LogP contribution in [0, 0.1) is 34.5 Å². The Morgan fingerprint density at radius 1 is 1.23 bits per heavy atom. The van der Waals surface area contributed by atoms with E-state index >= 15 is 0 Å². The van der Waals surface area contributed by atoms with Crippen LogP contribution in [0.5, 0.6) is 0 Å². The first-order chi connectivity index (χ1) is 21.0. The first-order valence-electron chi connectivity index (χ1n) is 15.1. The number of halogens is 1. The fourth-order valence-corrected chi connectivity index (χ4v) is 10.5. The van der Waals surface area contributed by atoms with Gasteiger partial charge in [-0.25, -0.2) is 19.4 Å². The molecule has 0 unspecified atom stereocenters. The molecule has 3 aromatic rings. The van der Waals surface area contributed by atoms with Crippen molar-refractivity contribution in [2.75, 3.05) is 12.4 Å². The van der Waals surface area contributed by atoms with Crippen LogP contribution in [-0.2, 0) is 16.6 Å². The van der Waals surface area contributed by atoms with Gasteiger partial charge in [0.05, 0.1) is 36.5 Å². The van der Waals surface area contributed by atoms with Gasteiger partial charge in [-0.1, -0.05) is 31.2 Å². The minimum absolute atomic E-state index is 0.0558. The number of carbonyl (C=O) groups excluding carboxylic acids is 1. The van der Waals surface area contributed by atoms with Crippen LogP contribution in [-0.4, -0.2) is 64.6 Å². The van der Waals surface area contributed by atoms with Gasteiger partial charge in [0.15, 0.2) is 5.69 Å². The number of carboxylic acid groups (broad SMARTS) is 1. The number of thioether (sulfide) groups is 1. The zero-order valence-electron chi connectivity index (χ0n) is 24.6. The third-order valence-corrected chi connectivity index (χ3v) is 12.3. The number of carbonyl (C=O) groups is 2. The maximum absolute atomic E-state index is 14.1. The van der Waals surface area contributed by atoms with Crippen molar-refractivity contribution in [3.05, 3.63) is 65.2 Å². The Kier molecular flexibility index (Phi) is 6.91. The number of allylic oxidation sites excluding steroid dienone is 1. The molecule has 7 rings (SSSR count). The lowest BCUT2D eigenvalue weighted by Crippen LogP contribution is -2.60. The van der Waals surface area contributed by atoms with E-state index in [1.807, 2.05) is 13.1 Å². The van der Waals surface area contributed by atoms with E-state index in [1.165, 1.54) is 17.8 Å². The Labute approximate surface area is 257 Å². The van der Waals surface area contributed by atoms with Gasteiger partial charge in [-0.3, -0.25) is 4.79 Å². The second-order valence-corrected chi connectivity index (χ2v) is 14.3. The molecule has 232 valence electrons. The van der Waals surface area contributed by atoms with Gasteiger partial charge in [0.25, 0.3) is 0 Å². The highest BCUT2D eigenvalue weighted by molar-refractivity contribution is 8.13. The predicted molar refractivity (Wildman–Crippen MR) is 158 cm³/mol. The van der Waals surface area contributed by atoms with Gasteiger partial charge in [0.1, 0.15) is 11.7 Å². The molecule has 3 heterocycles. The van der Waals surface area contributed by atoms with Gasteiger partial charge >= 0.3 is 5.97 Å². The molecule has 3 saturated carbocycles. The Balaban J connectivity index is 1.26. The van der Waals surface area contributed by atoms with E-state index in [9.17, 15) is 29.3 Å². The number of hydrogen-bond acceptors (Lipinski definition) is 9. The van der Waals surface area contributed by atoms with Crippen LogP contribution < -0.4 is 0 Å². The molecule has 12 heteroatoms. The Hall–Kier alpha value is -3.35. The van der Waals surface area contributed by atoms with Gasteiger partial charge in [0, 0.05) is 5.75 Å². The summed E-state index contributed by atoms with van der Waals surface area (Å²) >= 11 is 1.02. The van der Waals surface area contributed by atoms with Gasteiger partial charge in [-0.05, 0) is 90.9 Å². The molecule has 0 bridgehead atoms. The van der Waals surface area contributed by atoms with E-state index in [1.54, 1.807) is 10.7 Å². The zero-order valence-corrected chi connectivity index (χ0v) is 25.4. The van der Waals surface area contributed by atoms with Crippen molar-refractivity contribution in [3.8, 4) is 5.69 Å². The molecule has 0 radical (unpaired) electrons. The number of aromatic carboxylic acids is 1. The topological polar surface area (TPSA) is 152 Å². The Morgan fingerprint density at radius 3 is 2.75 bits per heavy atom. The number of aliphatic hydroxyl groups is 2. The number of pyridine rings is 1. The minimum atomic E-state index is -1.23. The average Bonchev–Trinajstić information content (AvgIpc) is 3.71. The molecule has 0 saturated heterocycles. The second-order valence-electron chi connectivity index (χ2n) is 13.2. The molecule has 3 fully saturated rings. The maximum atomic E-state index is 14.1. The highest BCUT2D eigenvalue weighted by atomic mass is 32.2. The normalized spacial score (nSPS) is 34.0. The Bertz CT molecular complexity index is 1670. The number of oxazole rings is 1. The van der Waals surface area contributed by atoms with Crippen molar-refractivity contribution in [2.45, 2.75) is 63.9 Å². The van der Waals surface area contributed by atoms with E-state index in [-0.39, 0.29) is 52.2 Å². The van der Waals surface area contributed by atoms with Gasteiger partial charge in [-0.15, -0.1) is 0 Å². The summed E-state index contributed by atoms with van der Waals surface area (Å²) in [5.41, 5.74) is 1.40. The minimum Gasteiger partial charge on any atom is -0.476 e. The first-order valence-corrected chi connectivity index (χ1v) is 16.1. The van der Waals surface area contributed by atoms with Gasteiger partial charge in [-0.2, -0.15) is 9.49 Å². The summed E-state index contributed by atoms with van der Waals surface area (Å²) in [7, 11) is 0. The number of aromatic nitrogens is 4. The summed E-state index contributed by atoms with van der Waals surface area (Å²) in [6.07, 6.45) is 9.71. The average molecular weight is 623 g/mol. The van der Waals surface area contributed by atoms with Crippen LogP contribution in [0.15, 0.2) is 40.8 Å². The summed E-state index contributed by atoms with van der Waals surface area (Å²) in [6, 6.07) is 2.98. The zero-order chi connectivity index (χ0) is 31.0. The van der Waals surface area contributed by atoms with Crippen LogP contribution in [0.3, 0.4) is 0 Å². The summed E-state index contributed by atoms with van der Waals surface area (Å²) in [5.74, 6) is -1.35. The van der Waals surface area contributed by atoms with Crippen molar-refractivity contribution in [2.24, 2.45) is 28.6 Å². The number of hydrogen-bond donors (Lipinski definition) is 3. The third-order valence-electron chi connectivity index (χ3n) is 11.3. The molecule has 4 aliphatic carbocycles. The van der Waals surface area contributed by atoms with E-state index in [4.69, 9.17) is 4.42 Å². The van der Waals surface area contributed by atoms with Crippen molar-refractivity contribution in [1.29, 1.82) is 0 Å². The van der Waals surface area contributed by atoms with Crippen LogP contribution in [0.1, 0.15) is 73.6 Å². The number of nitrogens with zero attached hydrogens (tertiary/aromatic N) is 4. The molecule has 3 aromatic heterocycles. The molecular formula is C32H35FN4O6S. The fourth-order valence-electron chi connectivity index (χ4n) is 9.51. The quantitative estimate of drug-likeness (QED) is 0.337. The molecule has 7 atom stereocenters. The summed E-state index contributed by atoms with van der Waals surface area (Å²) in [6.45, 7) is 4.11. The van der Waals surface area contributed by atoms with E-state index in [0.29, 0.717) is 24.9 Å². The number of fused-ring (bicyclic) bond motifs is 6. The summed E-state index contributed by atoms with van der Waals surface area (Å²) in [5, 5.41) is 35.6. The van der Waals surface area contributed by atoms with Crippen LogP contribution in [0.2, 0.25) is 0 Å². The second kappa shape index (κ2) is 10.3. The van der Waals surface area contributed by atoms with Gasteiger partial charge < -0.3 is 19.7 Å². The third kappa shape index (κ3) is 4.03. The highest BCUT2D eigenvalue weighted by Gasteiger charge is 2.71. The SMILES string of the molecule is C[C@]12Cc3cnn(-c4ccc(F)nc4)c3C=C1CC[C@@H]1[C@@H]2[C@@H](O)C[C@@]2(C)[C@H]1CC[C@]2(C(=O)SCCO)c1nc(C(=O)O)co1. The Morgan fingerprint density at radius 2 is 2.05 bits per heavy atom. The molecule has 3 N–H and O–H groups in total. The fraction of sp³-hybridized carbons (Fsp3) is 0.531. The maximum Gasteiger partial charge on any atom is 0.357 e. The van der Waals surface area contributed by atoms with Crippen LogP contribution >= 0.6 is 11.8 Å². The molecule has 44 heavy (non-hydrogen) atoms. The van der Waals surface area contributed by atoms with Gasteiger partial charge in [0.2, 0.25) is 17.0 Å². The molecule has 0 aliphatic heterocycles. The van der Waals surface area contributed by atoms with Crippen molar-refractivity contribution in [3.63, 3.8) is 0 Å². The number of aliphatic hydroxyl groups excluding tert-OH is 2. The molecular weight excluding hydrogens is 587 g/mol. The number of rotatable bonds is 6. The molecule has 0 aromatic carbocycles. The van der Waals surface area contributed by atoms with Crippen molar-refractivity contribution < 1.29 is 33.7 Å². The lowest BCUT2D eigenvalue weighted by atomic mass is 9.44. The van der Waals surface area contributed by atoms with E-state index in [0.717, 1.165) is 48.5 Å². The molecule has 0 amide bonds. The van der Waals surface area contributed by atoms with Crippen molar-refractivity contribution in [1.82, 2.24) is 19.7 Å². The molecule has 4 aliphatic rings. The predicted octanol–water partition coefficient (Wildman–Crippen LogP) is 4.44. The smallest absolute Gasteiger partial charge is 0.357 e. The highest BCUT2D eigenvalue weighted by Crippen LogP contribution is 2.70. The summed E-state index contributed by atoms with van der Waals surface area (Å²) < 4.78 is 21.1. The molecule has 10 nitrogen and oxygen atoms in total.